The molecule has 3 aromatic rings. The molecular weight excluding hydrogens is 425 g/mol. The molecule has 2 aliphatic rings. The molecule has 4 heteroatoms. The van der Waals surface area contributed by atoms with Crippen molar-refractivity contribution in [3.63, 3.8) is 0 Å². The second-order valence-corrected chi connectivity index (χ2v) is 9.56. The third-order valence-electron chi connectivity index (χ3n) is 7.20. The van der Waals surface area contributed by atoms with E-state index in [1.165, 1.54) is 5.56 Å². The zero-order chi connectivity index (χ0) is 21.4. The number of hydrogen-bond acceptors (Lipinski definition) is 2. The lowest BCUT2D eigenvalue weighted by molar-refractivity contribution is -0.0933. The molecule has 0 amide bonds. The Morgan fingerprint density at radius 3 is 1.74 bits per heavy atom. The Kier molecular flexibility index (Phi) is 5.83. The van der Waals surface area contributed by atoms with Crippen LogP contribution in [0.2, 0.25) is 10.0 Å². The number of methoxy groups -OCH3 is 1. The maximum atomic E-state index is 6.74. The normalized spacial score (nSPS) is 25.8. The smallest absolute Gasteiger partial charge is 0.0957 e. The zero-order valence-corrected chi connectivity index (χ0v) is 19.2. The van der Waals surface area contributed by atoms with Crippen molar-refractivity contribution in [3.05, 3.63) is 106 Å². The summed E-state index contributed by atoms with van der Waals surface area (Å²) in [5, 5.41) is 1.58. The predicted octanol–water partition coefficient (Wildman–Crippen LogP) is 7.25. The fourth-order valence-corrected chi connectivity index (χ4v) is 6.28. The van der Waals surface area contributed by atoms with E-state index in [1.54, 1.807) is 0 Å². The van der Waals surface area contributed by atoms with Crippen LogP contribution in [0.25, 0.3) is 0 Å². The van der Waals surface area contributed by atoms with Gasteiger partial charge in [-0.1, -0.05) is 89.9 Å². The molecule has 160 valence electrons. The minimum absolute atomic E-state index is 0.0329. The van der Waals surface area contributed by atoms with Crippen LogP contribution >= 0.6 is 23.2 Å². The first kappa shape index (κ1) is 21.0. The summed E-state index contributed by atoms with van der Waals surface area (Å²) in [6.45, 7) is 0. The first-order valence-electron chi connectivity index (χ1n) is 11.0. The van der Waals surface area contributed by atoms with E-state index in [9.17, 15) is 0 Å². The number of rotatable bonds is 5. The highest BCUT2D eigenvalue weighted by Crippen LogP contribution is 2.52. The molecule has 2 aliphatic heterocycles. The van der Waals surface area contributed by atoms with E-state index < -0.39 is 0 Å². The maximum absolute atomic E-state index is 6.74. The number of benzene rings is 3. The van der Waals surface area contributed by atoms with Crippen LogP contribution < -0.4 is 0 Å². The van der Waals surface area contributed by atoms with E-state index in [0.29, 0.717) is 12.1 Å². The zero-order valence-electron chi connectivity index (χ0n) is 17.7. The lowest BCUT2D eigenvalue weighted by atomic mass is 9.78. The lowest BCUT2D eigenvalue weighted by Crippen LogP contribution is -2.51. The van der Waals surface area contributed by atoms with Crippen molar-refractivity contribution in [1.82, 2.24) is 4.90 Å². The predicted molar refractivity (Wildman–Crippen MR) is 128 cm³/mol. The van der Waals surface area contributed by atoms with E-state index in [0.717, 1.165) is 46.9 Å². The van der Waals surface area contributed by atoms with Crippen LogP contribution in [0.3, 0.4) is 0 Å². The first-order valence-corrected chi connectivity index (χ1v) is 11.8. The topological polar surface area (TPSA) is 12.5 Å². The maximum Gasteiger partial charge on any atom is 0.0957 e. The van der Waals surface area contributed by atoms with Crippen LogP contribution in [0.15, 0.2) is 78.9 Å². The van der Waals surface area contributed by atoms with Gasteiger partial charge in [0.1, 0.15) is 0 Å². The van der Waals surface area contributed by atoms with Crippen LogP contribution in [0.5, 0.6) is 0 Å². The van der Waals surface area contributed by atoms with Crippen LogP contribution in [-0.4, -0.2) is 24.1 Å². The van der Waals surface area contributed by atoms with E-state index >= 15 is 0 Å². The molecule has 0 spiro atoms. The van der Waals surface area contributed by atoms with E-state index in [1.807, 2.05) is 31.4 Å². The van der Waals surface area contributed by atoms with Gasteiger partial charge in [0.2, 0.25) is 0 Å². The van der Waals surface area contributed by atoms with Crippen LogP contribution in [0.4, 0.5) is 0 Å². The molecular formula is C27H27Cl2NO. The highest BCUT2D eigenvalue weighted by atomic mass is 35.5. The monoisotopic (exact) mass is 451 g/mol. The molecule has 0 saturated carbocycles. The fourth-order valence-electron chi connectivity index (χ4n) is 5.81. The van der Waals surface area contributed by atoms with Gasteiger partial charge in [-0.2, -0.15) is 0 Å². The molecule has 0 N–H and O–H groups in total. The summed E-state index contributed by atoms with van der Waals surface area (Å²) in [4.78, 5) is 2.67. The van der Waals surface area contributed by atoms with Crippen molar-refractivity contribution in [3.8, 4) is 0 Å². The molecule has 5 rings (SSSR count). The second-order valence-electron chi connectivity index (χ2n) is 8.75. The van der Waals surface area contributed by atoms with Crippen LogP contribution in [-0.2, 0) is 10.3 Å². The van der Waals surface area contributed by atoms with E-state index in [-0.39, 0.29) is 11.6 Å². The summed E-state index contributed by atoms with van der Waals surface area (Å²) in [6.07, 6.45) is 4.26. The van der Waals surface area contributed by atoms with E-state index in [2.05, 4.69) is 59.5 Å². The van der Waals surface area contributed by atoms with Crippen LogP contribution in [0, 0.1) is 0 Å². The lowest BCUT2D eigenvalue weighted by Gasteiger charge is -2.49. The molecule has 2 fully saturated rings. The summed E-state index contributed by atoms with van der Waals surface area (Å²) < 4.78 is 6.25. The summed E-state index contributed by atoms with van der Waals surface area (Å²) in [5.41, 5.74) is 3.29. The second kappa shape index (κ2) is 8.60. The number of nitrogens with zero attached hydrogens (tertiary/aromatic N) is 1. The highest BCUT2D eigenvalue weighted by molar-refractivity contribution is 6.32. The Morgan fingerprint density at radius 1 is 0.774 bits per heavy atom. The molecule has 2 atom stereocenters. The largest absolute Gasteiger partial charge is 0.373 e. The van der Waals surface area contributed by atoms with Gasteiger partial charge in [-0.25, -0.2) is 0 Å². The standard InChI is InChI=1S/C27H27Cl2NO/c1-31-27(19-9-3-2-4-10-19)17-20-15-16-21(18-27)30(20)26(22-11-5-7-13-24(22)28)23-12-6-8-14-25(23)29/h2-14,20-21,26H,15-18H2,1H3. The molecule has 31 heavy (non-hydrogen) atoms. The van der Waals surface area contributed by atoms with Gasteiger partial charge in [0, 0.05) is 29.2 Å². The summed E-state index contributed by atoms with van der Waals surface area (Å²) in [5.74, 6) is 0. The molecule has 2 bridgehead atoms. The Hall–Kier alpha value is -1.84. The third kappa shape index (κ3) is 3.70. The summed E-state index contributed by atoms with van der Waals surface area (Å²) in [7, 11) is 1.86. The average Bonchev–Trinajstić information content (AvgIpc) is 3.06. The molecule has 0 radical (unpaired) electrons. The Bertz CT molecular complexity index is 994. The first-order chi connectivity index (χ1) is 15.1. The minimum atomic E-state index is -0.241. The third-order valence-corrected chi connectivity index (χ3v) is 7.88. The molecule has 2 nitrogen and oxygen atoms in total. The summed E-state index contributed by atoms with van der Waals surface area (Å²) in [6, 6.07) is 27.9. The fraction of sp³-hybridized carbons (Fsp3) is 0.333. The van der Waals surface area contributed by atoms with Crippen molar-refractivity contribution < 1.29 is 4.74 Å². The number of ether oxygens (including phenoxy) is 1. The van der Waals surface area contributed by atoms with Crippen molar-refractivity contribution in [1.29, 1.82) is 0 Å². The van der Waals surface area contributed by atoms with Gasteiger partial charge in [-0.05, 0) is 54.5 Å². The number of piperidine rings is 1. The quantitative estimate of drug-likeness (QED) is 0.404. The van der Waals surface area contributed by atoms with Gasteiger partial charge >= 0.3 is 0 Å². The van der Waals surface area contributed by atoms with Crippen molar-refractivity contribution in [2.24, 2.45) is 0 Å². The van der Waals surface area contributed by atoms with Gasteiger partial charge in [0.05, 0.1) is 11.6 Å². The summed E-state index contributed by atoms with van der Waals surface area (Å²) >= 11 is 13.5. The number of halogens is 2. The molecule has 2 unspecified atom stereocenters. The molecule has 0 aromatic heterocycles. The SMILES string of the molecule is COC1(c2ccccc2)CC2CCC(C1)N2C(c1ccccc1Cl)c1ccccc1Cl. The highest BCUT2D eigenvalue weighted by Gasteiger charge is 2.52. The van der Waals surface area contributed by atoms with Gasteiger partial charge < -0.3 is 4.74 Å². The van der Waals surface area contributed by atoms with Gasteiger partial charge in [-0.15, -0.1) is 0 Å². The molecule has 2 heterocycles. The van der Waals surface area contributed by atoms with Crippen molar-refractivity contribution in [2.45, 2.75) is 49.4 Å². The Balaban J connectivity index is 1.58. The van der Waals surface area contributed by atoms with E-state index in [4.69, 9.17) is 27.9 Å². The van der Waals surface area contributed by atoms with Crippen molar-refractivity contribution in [2.75, 3.05) is 7.11 Å². The molecule has 2 saturated heterocycles. The minimum Gasteiger partial charge on any atom is -0.373 e. The van der Waals surface area contributed by atoms with Crippen molar-refractivity contribution >= 4 is 23.2 Å². The van der Waals surface area contributed by atoms with Gasteiger partial charge in [0.15, 0.2) is 0 Å². The number of fused-ring (bicyclic) bond motifs is 2. The molecule has 0 aliphatic carbocycles. The average molecular weight is 452 g/mol. The Labute approximate surface area is 194 Å². The Morgan fingerprint density at radius 2 is 1.26 bits per heavy atom. The van der Waals surface area contributed by atoms with Gasteiger partial charge in [-0.3, -0.25) is 4.90 Å². The van der Waals surface area contributed by atoms with Gasteiger partial charge in [0.25, 0.3) is 0 Å². The number of hydrogen-bond donors (Lipinski definition) is 0. The van der Waals surface area contributed by atoms with Crippen LogP contribution in [0.1, 0.15) is 48.4 Å². The molecule has 3 aromatic carbocycles.